The summed E-state index contributed by atoms with van der Waals surface area (Å²) in [6.45, 7) is 4.11. The Bertz CT molecular complexity index is 690. The molecule has 4 heteroatoms. The van der Waals surface area contributed by atoms with Gasteiger partial charge in [0.05, 0.1) is 11.2 Å². The fourth-order valence-corrected chi connectivity index (χ4v) is 2.46. The van der Waals surface area contributed by atoms with Gasteiger partial charge in [-0.15, -0.1) is 0 Å². The maximum atomic E-state index is 8.48. The van der Waals surface area contributed by atoms with Gasteiger partial charge >= 0.3 is 7.12 Å². The molecular formula is C18H26BNO2. The Morgan fingerprint density at radius 2 is 1.77 bits per heavy atom. The smallest absolute Gasteiger partial charge is 0.400 e. The van der Waals surface area contributed by atoms with E-state index in [0.29, 0.717) is 5.47 Å². The monoisotopic (exact) mass is 303 g/mol. The maximum absolute atomic E-state index is 8.48. The zero-order chi connectivity index (χ0) is 19.4. The minimum absolute atomic E-state index is 0.0379. The second-order valence-electron chi connectivity index (χ2n) is 6.84. The molecule has 0 aromatic heterocycles. The van der Waals surface area contributed by atoms with E-state index in [4.69, 9.17) is 14.8 Å². The third kappa shape index (κ3) is 3.14. The number of rotatable bonds is 3. The van der Waals surface area contributed by atoms with Crippen molar-refractivity contribution in [1.82, 2.24) is 4.90 Å². The summed E-state index contributed by atoms with van der Waals surface area (Å²) >= 11 is 0. The second kappa shape index (κ2) is 5.84. The molecule has 0 saturated carbocycles. The number of hydrogen-bond acceptors (Lipinski definition) is 3. The standard InChI is InChI=1S/C18H26BNO2/c1-17(2)18(3,4)22-19(21-17)16-10-12-20(13-11-16)14-15-8-6-5-7-9-15/h5-10H,11-14H2,1-4H3/i12D2,13D2. The lowest BCUT2D eigenvalue weighted by molar-refractivity contribution is 0.00578. The molecule has 0 unspecified atom stereocenters. The molecular weight excluding hydrogens is 273 g/mol. The summed E-state index contributed by atoms with van der Waals surface area (Å²) in [5, 5.41) is 0. The molecule has 0 aliphatic carbocycles. The Labute approximate surface area is 140 Å². The molecule has 0 N–H and O–H groups in total. The van der Waals surface area contributed by atoms with Crippen molar-refractivity contribution < 1.29 is 14.8 Å². The predicted molar refractivity (Wildman–Crippen MR) is 90.5 cm³/mol. The van der Waals surface area contributed by atoms with Crippen LogP contribution in [0.4, 0.5) is 0 Å². The van der Waals surface area contributed by atoms with Crippen LogP contribution in [0.25, 0.3) is 0 Å². The minimum atomic E-state index is -1.95. The summed E-state index contributed by atoms with van der Waals surface area (Å²) in [5.74, 6) is 0. The normalized spacial score (nSPS) is 31.6. The molecule has 118 valence electrons. The lowest BCUT2D eigenvalue weighted by Gasteiger charge is -2.32. The van der Waals surface area contributed by atoms with Crippen LogP contribution in [0.3, 0.4) is 0 Å². The summed E-state index contributed by atoms with van der Waals surface area (Å²) in [7, 11) is -0.732. The van der Waals surface area contributed by atoms with Crippen LogP contribution in [0.1, 0.15) is 45.2 Å². The van der Waals surface area contributed by atoms with E-state index in [0.717, 1.165) is 5.56 Å². The molecule has 1 fully saturated rings. The number of hydrogen-bond donors (Lipinski definition) is 0. The zero-order valence-electron chi connectivity index (χ0n) is 17.7. The topological polar surface area (TPSA) is 21.7 Å². The Morgan fingerprint density at radius 1 is 1.14 bits per heavy atom. The van der Waals surface area contributed by atoms with Crippen molar-refractivity contribution in [2.24, 2.45) is 0 Å². The molecule has 0 atom stereocenters. The van der Waals surface area contributed by atoms with Gasteiger partial charge in [0.2, 0.25) is 0 Å². The van der Waals surface area contributed by atoms with Gasteiger partial charge in [0.25, 0.3) is 0 Å². The van der Waals surface area contributed by atoms with Gasteiger partial charge in [0.15, 0.2) is 0 Å². The Balaban J connectivity index is 1.88. The molecule has 1 saturated heterocycles. The first-order valence-electron chi connectivity index (χ1n) is 9.73. The van der Waals surface area contributed by atoms with Crippen LogP contribution >= 0.6 is 0 Å². The van der Waals surface area contributed by atoms with Crippen molar-refractivity contribution in [2.75, 3.05) is 13.0 Å². The van der Waals surface area contributed by atoms with Crippen molar-refractivity contribution in [3.8, 4) is 0 Å². The quantitative estimate of drug-likeness (QED) is 0.798. The summed E-state index contributed by atoms with van der Waals surface area (Å²) in [5.41, 5.74) is 0.300. The van der Waals surface area contributed by atoms with Crippen molar-refractivity contribution in [2.45, 2.75) is 51.9 Å². The molecule has 2 aliphatic rings. The third-order valence-corrected chi connectivity index (χ3v) is 4.62. The van der Waals surface area contributed by atoms with Crippen LogP contribution < -0.4 is 0 Å². The fraction of sp³-hybridized carbons (Fsp3) is 0.556. The van der Waals surface area contributed by atoms with E-state index in [1.165, 1.54) is 11.0 Å². The number of nitrogens with zero attached hydrogens (tertiary/aromatic N) is 1. The second-order valence-corrected chi connectivity index (χ2v) is 6.84. The van der Waals surface area contributed by atoms with Gasteiger partial charge in [0.1, 0.15) is 0 Å². The van der Waals surface area contributed by atoms with E-state index in [2.05, 4.69) is 0 Å². The van der Waals surface area contributed by atoms with Crippen LogP contribution in [0.5, 0.6) is 0 Å². The van der Waals surface area contributed by atoms with Crippen LogP contribution in [0.2, 0.25) is 0 Å². The molecule has 0 radical (unpaired) electrons. The molecule has 3 rings (SSSR count). The van der Waals surface area contributed by atoms with Crippen LogP contribution in [-0.2, 0) is 15.9 Å². The summed E-state index contributed by atoms with van der Waals surface area (Å²) in [6, 6.07) is 9.38. The average molecular weight is 303 g/mol. The highest BCUT2D eigenvalue weighted by Crippen LogP contribution is 2.39. The highest BCUT2D eigenvalue weighted by Gasteiger charge is 2.52. The van der Waals surface area contributed by atoms with Gasteiger partial charge in [-0.1, -0.05) is 36.4 Å². The van der Waals surface area contributed by atoms with E-state index in [1.807, 2.05) is 58.0 Å². The molecule has 0 spiro atoms. The summed E-state index contributed by atoms with van der Waals surface area (Å²) < 4.78 is 45.9. The van der Waals surface area contributed by atoms with Crippen molar-refractivity contribution in [3.05, 3.63) is 47.4 Å². The molecule has 0 amide bonds. The van der Waals surface area contributed by atoms with Gasteiger partial charge in [-0.25, -0.2) is 0 Å². The van der Waals surface area contributed by atoms with E-state index in [-0.39, 0.29) is 13.0 Å². The molecule has 1 aromatic rings. The van der Waals surface area contributed by atoms with E-state index >= 15 is 0 Å². The van der Waals surface area contributed by atoms with E-state index < -0.39 is 31.3 Å². The van der Waals surface area contributed by atoms with E-state index in [1.54, 1.807) is 0 Å². The summed E-state index contributed by atoms with van der Waals surface area (Å²) in [6.07, 6.45) is 1.50. The maximum Gasteiger partial charge on any atom is 0.490 e. The van der Waals surface area contributed by atoms with Gasteiger partial charge in [-0.05, 0) is 45.2 Å². The molecule has 2 heterocycles. The average Bonchev–Trinajstić information content (AvgIpc) is 2.72. The third-order valence-electron chi connectivity index (χ3n) is 4.62. The van der Waals surface area contributed by atoms with Gasteiger partial charge in [-0.2, -0.15) is 0 Å². The van der Waals surface area contributed by atoms with Gasteiger partial charge < -0.3 is 9.31 Å². The Morgan fingerprint density at radius 3 is 2.36 bits per heavy atom. The fourth-order valence-electron chi connectivity index (χ4n) is 2.46. The van der Waals surface area contributed by atoms with Gasteiger partial charge in [0, 0.05) is 25.0 Å². The van der Waals surface area contributed by atoms with Gasteiger partial charge in [-0.3, -0.25) is 4.90 Å². The lowest BCUT2D eigenvalue weighted by atomic mass is 9.74. The zero-order valence-corrected chi connectivity index (χ0v) is 13.7. The van der Waals surface area contributed by atoms with Crippen molar-refractivity contribution in [3.63, 3.8) is 0 Å². The Kier molecular flexibility index (Phi) is 3.04. The molecule has 1 aromatic carbocycles. The van der Waals surface area contributed by atoms with Crippen molar-refractivity contribution >= 4 is 7.12 Å². The van der Waals surface area contributed by atoms with Crippen LogP contribution in [0.15, 0.2) is 41.9 Å². The molecule has 0 bridgehead atoms. The summed E-state index contributed by atoms with van der Waals surface area (Å²) in [4.78, 5) is 1.25. The minimum Gasteiger partial charge on any atom is -0.400 e. The van der Waals surface area contributed by atoms with E-state index in [9.17, 15) is 0 Å². The van der Waals surface area contributed by atoms with Crippen LogP contribution in [0, 0.1) is 0 Å². The first kappa shape index (κ1) is 11.4. The Hall–Kier alpha value is -1.10. The van der Waals surface area contributed by atoms with Crippen molar-refractivity contribution in [1.29, 1.82) is 0 Å². The lowest BCUT2D eigenvalue weighted by Crippen LogP contribution is -2.41. The molecule has 2 aliphatic heterocycles. The predicted octanol–water partition coefficient (Wildman–Crippen LogP) is 3.45. The SMILES string of the molecule is [2H]C1([2H])C=C(B2OC(C)(C)C(C)(C)O2)CC([2H])([2H])N1Cc1ccccc1. The first-order chi connectivity index (χ1) is 11.8. The largest absolute Gasteiger partial charge is 0.490 e. The highest BCUT2D eigenvalue weighted by atomic mass is 16.7. The number of benzene rings is 1. The molecule has 3 nitrogen and oxygen atoms in total. The van der Waals surface area contributed by atoms with Crippen LogP contribution in [-0.4, -0.2) is 36.2 Å². The molecule has 22 heavy (non-hydrogen) atoms. The highest BCUT2D eigenvalue weighted by molar-refractivity contribution is 6.54. The first-order valence-corrected chi connectivity index (χ1v) is 7.73.